The molecule has 1 aliphatic rings. The minimum atomic E-state index is -1.26. The van der Waals surface area contributed by atoms with E-state index in [1.807, 2.05) is 0 Å². The predicted molar refractivity (Wildman–Crippen MR) is 160 cm³/mol. The summed E-state index contributed by atoms with van der Waals surface area (Å²) in [5.41, 5.74) is 3.65. The van der Waals surface area contributed by atoms with E-state index in [2.05, 4.69) is 41.5 Å². The number of urea groups is 1. The van der Waals surface area contributed by atoms with Crippen LogP contribution in [0.5, 0.6) is 0 Å². The summed E-state index contributed by atoms with van der Waals surface area (Å²) in [6.45, 7) is 3.37. The molecule has 0 aliphatic heterocycles. The molecule has 1 aliphatic carbocycles. The lowest BCUT2D eigenvalue weighted by Crippen LogP contribution is -2.35. The van der Waals surface area contributed by atoms with Gasteiger partial charge < -0.3 is 20.8 Å². The van der Waals surface area contributed by atoms with E-state index in [0.29, 0.717) is 39.4 Å². The van der Waals surface area contributed by atoms with Gasteiger partial charge in [-0.25, -0.2) is 4.79 Å². The highest BCUT2D eigenvalue weighted by atomic mass is 35.5. The molecule has 1 saturated carbocycles. The van der Waals surface area contributed by atoms with Crippen LogP contribution in [0.4, 0.5) is 16.2 Å². The van der Waals surface area contributed by atoms with Gasteiger partial charge in [0.25, 0.3) is 5.91 Å². The van der Waals surface area contributed by atoms with E-state index in [1.165, 1.54) is 37.7 Å². The van der Waals surface area contributed by atoms with Gasteiger partial charge in [0.05, 0.1) is 13.1 Å². The fourth-order valence-electron chi connectivity index (χ4n) is 4.81. The van der Waals surface area contributed by atoms with Gasteiger partial charge in [0.15, 0.2) is 0 Å². The lowest BCUT2D eigenvalue weighted by Gasteiger charge is -2.25. The summed E-state index contributed by atoms with van der Waals surface area (Å²) in [7, 11) is 0. The molecular formula is C31H33Cl2N3O4. The quantitative estimate of drug-likeness (QED) is 0.197. The van der Waals surface area contributed by atoms with Crippen LogP contribution in [0.3, 0.4) is 0 Å². The zero-order valence-electron chi connectivity index (χ0n) is 22.1. The van der Waals surface area contributed by atoms with Crippen molar-refractivity contribution in [3.63, 3.8) is 0 Å². The number of anilines is 2. The summed E-state index contributed by atoms with van der Waals surface area (Å²) in [4.78, 5) is 27.6. The maximum absolute atomic E-state index is 13.5. The first-order valence-electron chi connectivity index (χ1n) is 13.3. The third-order valence-corrected chi connectivity index (χ3v) is 7.47. The van der Waals surface area contributed by atoms with Gasteiger partial charge in [-0.05, 0) is 72.4 Å². The number of aliphatic hydroxyl groups excluding tert-OH is 2. The molecule has 9 heteroatoms. The number of benzene rings is 3. The number of hydrogen-bond acceptors (Lipinski definition) is 4. The second-order valence-corrected chi connectivity index (χ2v) is 10.9. The van der Waals surface area contributed by atoms with E-state index >= 15 is 0 Å². The minimum absolute atomic E-state index is 0.177. The zero-order valence-corrected chi connectivity index (χ0v) is 23.6. The van der Waals surface area contributed by atoms with Crippen molar-refractivity contribution in [2.45, 2.75) is 50.7 Å². The molecule has 0 aromatic heterocycles. The molecule has 40 heavy (non-hydrogen) atoms. The van der Waals surface area contributed by atoms with E-state index < -0.39 is 23.8 Å². The van der Waals surface area contributed by atoms with Gasteiger partial charge in [0, 0.05) is 27.0 Å². The Bertz CT molecular complexity index is 1320. The Hall–Kier alpha value is -3.52. The van der Waals surface area contributed by atoms with Crippen LogP contribution >= 0.6 is 23.2 Å². The van der Waals surface area contributed by atoms with Gasteiger partial charge in [-0.1, -0.05) is 73.3 Å². The molecule has 0 bridgehead atoms. The molecule has 4 rings (SSSR count). The van der Waals surface area contributed by atoms with Gasteiger partial charge in [-0.3, -0.25) is 9.69 Å². The number of amides is 3. The Morgan fingerprint density at radius 2 is 1.57 bits per heavy atom. The van der Waals surface area contributed by atoms with Crippen LogP contribution in [0.25, 0.3) is 0 Å². The van der Waals surface area contributed by atoms with Gasteiger partial charge >= 0.3 is 6.03 Å². The Labute approximate surface area is 244 Å². The third kappa shape index (κ3) is 8.01. The van der Waals surface area contributed by atoms with Gasteiger partial charge in [-0.2, -0.15) is 0 Å². The number of rotatable bonds is 9. The summed E-state index contributed by atoms with van der Waals surface area (Å²) in [6.07, 6.45) is 5.00. The van der Waals surface area contributed by atoms with E-state index in [1.54, 1.807) is 47.4 Å². The molecule has 4 N–H and O–H groups in total. The first kappa shape index (κ1) is 29.5. The molecular weight excluding hydrogens is 549 g/mol. The number of nitrogens with one attached hydrogen (secondary N) is 2. The molecule has 0 spiro atoms. The van der Waals surface area contributed by atoms with Crippen LogP contribution in [0.15, 0.2) is 79.1 Å². The van der Waals surface area contributed by atoms with E-state index in [9.17, 15) is 19.8 Å². The average molecular weight is 583 g/mol. The second kappa shape index (κ2) is 13.7. The van der Waals surface area contributed by atoms with Crippen molar-refractivity contribution < 1.29 is 19.8 Å². The number of carbonyl (C=O) groups is 2. The highest BCUT2D eigenvalue weighted by molar-refractivity contribution is 6.35. The molecule has 0 heterocycles. The number of hydrogen-bond donors (Lipinski definition) is 4. The maximum Gasteiger partial charge on any atom is 0.326 e. The fraction of sp³-hybridized carbons (Fsp3) is 0.290. The first-order valence-corrected chi connectivity index (χ1v) is 14.0. The van der Waals surface area contributed by atoms with Crippen LogP contribution in [-0.4, -0.2) is 34.8 Å². The summed E-state index contributed by atoms with van der Waals surface area (Å²) in [6, 6.07) is 19.4. The Balaban J connectivity index is 1.53. The van der Waals surface area contributed by atoms with Gasteiger partial charge in [-0.15, -0.1) is 0 Å². The second-order valence-electron chi connectivity index (χ2n) is 10.0. The number of halogens is 2. The summed E-state index contributed by atoms with van der Waals surface area (Å²) in [5.74, 6) is -0.273. The summed E-state index contributed by atoms with van der Waals surface area (Å²) in [5, 5.41) is 25.1. The summed E-state index contributed by atoms with van der Waals surface area (Å²) >= 11 is 12.3. The van der Waals surface area contributed by atoms with Crippen LogP contribution in [0.1, 0.15) is 59.5 Å². The minimum Gasteiger partial charge on any atom is -0.510 e. The van der Waals surface area contributed by atoms with Crippen molar-refractivity contribution in [3.05, 3.63) is 106 Å². The van der Waals surface area contributed by atoms with Crippen molar-refractivity contribution in [3.8, 4) is 0 Å². The number of nitrogens with zero attached hydrogens (tertiary/aromatic N) is 1. The Kier molecular flexibility index (Phi) is 10.1. The van der Waals surface area contributed by atoms with Crippen molar-refractivity contribution in [1.82, 2.24) is 5.32 Å². The molecule has 3 aromatic rings. The monoisotopic (exact) mass is 581 g/mol. The smallest absolute Gasteiger partial charge is 0.326 e. The largest absolute Gasteiger partial charge is 0.510 e. The summed E-state index contributed by atoms with van der Waals surface area (Å²) < 4.78 is 0. The average Bonchev–Trinajstić information content (AvgIpc) is 2.94. The standard InChI is InChI=1S/C31H33Cl2N3O4/c1-20(37)29(38)18-34-30(39)24-11-13-28(14-12-24)36(31(40)35-27-16-25(32)15-26(33)17-27)19-21-7-9-23(10-8-21)22-5-3-2-4-6-22/h7-17,22,29,37-38H,1-6,18-19H2,(H,34,39)(H,35,40). The topological polar surface area (TPSA) is 102 Å². The van der Waals surface area contributed by atoms with E-state index in [-0.39, 0.29) is 6.54 Å². The number of carbonyl (C=O) groups excluding carboxylic acids is 2. The van der Waals surface area contributed by atoms with Crippen molar-refractivity contribution >= 4 is 46.5 Å². The van der Waals surface area contributed by atoms with Crippen molar-refractivity contribution in [2.24, 2.45) is 0 Å². The third-order valence-electron chi connectivity index (χ3n) is 7.04. The SMILES string of the molecule is C=C(O)C(O)CNC(=O)c1ccc(N(Cc2ccc(C3CCCCC3)cc2)C(=O)Nc2cc(Cl)cc(Cl)c2)cc1. The van der Waals surface area contributed by atoms with Crippen LogP contribution in [0.2, 0.25) is 10.0 Å². The van der Waals surface area contributed by atoms with Crippen LogP contribution < -0.4 is 15.5 Å². The normalized spacial score (nSPS) is 14.3. The van der Waals surface area contributed by atoms with Crippen LogP contribution in [0, 0.1) is 0 Å². The lowest BCUT2D eigenvalue weighted by molar-refractivity contribution is 0.0911. The van der Waals surface area contributed by atoms with E-state index in [4.69, 9.17) is 23.2 Å². The molecule has 7 nitrogen and oxygen atoms in total. The molecule has 1 unspecified atom stereocenters. The molecule has 3 aromatic carbocycles. The molecule has 1 atom stereocenters. The highest BCUT2D eigenvalue weighted by Gasteiger charge is 2.20. The van der Waals surface area contributed by atoms with E-state index in [0.717, 1.165) is 5.56 Å². The lowest BCUT2D eigenvalue weighted by atomic mass is 9.84. The first-order chi connectivity index (χ1) is 19.2. The van der Waals surface area contributed by atoms with Crippen molar-refractivity contribution in [1.29, 1.82) is 0 Å². The molecule has 3 amide bonds. The molecule has 1 fully saturated rings. The predicted octanol–water partition coefficient (Wildman–Crippen LogP) is 7.44. The van der Waals surface area contributed by atoms with Gasteiger partial charge in [0.1, 0.15) is 11.9 Å². The molecule has 0 radical (unpaired) electrons. The Morgan fingerprint density at radius 1 is 0.950 bits per heavy atom. The fourth-order valence-corrected chi connectivity index (χ4v) is 5.34. The number of aliphatic hydroxyl groups is 2. The Morgan fingerprint density at radius 3 is 2.17 bits per heavy atom. The van der Waals surface area contributed by atoms with Gasteiger partial charge in [0.2, 0.25) is 0 Å². The molecule has 210 valence electrons. The highest BCUT2D eigenvalue weighted by Crippen LogP contribution is 2.33. The van der Waals surface area contributed by atoms with Crippen LogP contribution in [-0.2, 0) is 6.54 Å². The molecule has 0 saturated heterocycles. The maximum atomic E-state index is 13.5. The zero-order chi connectivity index (χ0) is 28.6. The van der Waals surface area contributed by atoms with Crippen molar-refractivity contribution in [2.75, 3.05) is 16.8 Å².